The number of thiophene rings is 1. The van der Waals surface area contributed by atoms with Crippen LogP contribution in [0.15, 0.2) is 12.1 Å². The maximum Gasteiger partial charge on any atom is 0.110 e. The van der Waals surface area contributed by atoms with Gasteiger partial charge in [-0.2, -0.15) is 5.26 Å². The van der Waals surface area contributed by atoms with E-state index in [1.165, 1.54) is 24.1 Å². The van der Waals surface area contributed by atoms with Crippen LogP contribution in [0.1, 0.15) is 42.9 Å². The molecule has 0 saturated carbocycles. The minimum absolute atomic E-state index is 0.606. The summed E-state index contributed by atoms with van der Waals surface area (Å²) in [4.78, 5) is 2.02. The minimum Gasteiger partial charge on any atom is -0.249 e. The quantitative estimate of drug-likeness (QED) is 0.895. The van der Waals surface area contributed by atoms with Crippen molar-refractivity contribution in [2.75, 3.05) is 0 Å². The van der Waals surface area contributed by atoms with Gasteiger partial charge in [0.05, 0.1) is 0 Å². The van der Waals surface area contributed by atoms with Gasteiger partial charge in [0, 0.05) is 23.5 Å². The van der Waals surface area contributed by atoms with Gasteiger partial charge in [-0.25, -0.2) is 10.4 Å². The first kappa shape index (κ1) is 12.6. The van der Waals surface area contributed by atoms with Crippen LogP contribution in [0.4, 0.5) is 0 Å². The Balaban J connectivity index is 1.90. The van der Waals surface area contributed by atoms with Crippen LogP contribution in [-0.2, 0) is 6.54 Å². The van der Waals surface area contributed by atoms with E-state index in [1.54, 1.807) is 11.3 Å². The first-order chi connectivity index (χ1) is 8.20. The summed E-state index contributed by atoms with van der Waals surface area (Å²) in [6, 6.07) is 7.32. The number of rotatable bonds is 3. The molecule has 92 valence electrons. The van der Waals surface area contributed by atoms with Gasteiger partial charge >= 0.3 is 0 Å². The zero-order valence-electron chi connectivity index (χ0n) is 10.4. The van der Waals surface area contributed by atoms with Gasteiger partial charge < -0.3 is 0 Å². The van der Waals surface area contributed by atoms with E-state index in [0.29, 0.717) is 12.1 Å². The van der Waals surface area contributed by atoms with Crippen molar-refractivity contribution in [3.8, 4) is 6.07 Å². The molecule has 1 aliphatic heterocycles. The van der Waals surface area contributed by atoms with Crippen molar-refractivity contribution in [1.29, 1.82) is 5.26 Å². The molecule has 4 heteroatoms. The third-order valence-electron chi connectivity index (χ3n) is 3.40. The van der Waals surface area contributed by atoms with Crippen molar-refractivity contribution in [1.82, 2.24) is 10.4 Å². The number of hydrogen-bond donors (Lipinski definition) is 1. The Morgan fingerprint density at radius 1 is 1.41 bits per heavy atom. The van der Waals surface area contributed by atoms with Gasteiger partial charge in [-0.3, -0.25) is 0 Å². The van der Waals surface area contributed by atoms with E-state index in [9.17, 15) is 0 Å². The summed E-state index contributed by atoms with van der Waals surface area (Å²) in [6.45, 7) is 5.39. The monoisotopic (exact) mass is 249 g/mol. The smallest absolute Gasteiger partial charge is 0.110 e. The van der Waals surface area contributed by atoms with Gasteiger partial charge in [-0.1, -0.05) is 6.42 Å². The molecule has 1 aromatic rings. The molecule has 2 rings (SSSR count). The molecule has 0 aliphatic carbocycles. The van der Waals surface area contributed by atoms with Crippen molar-refractivity contribution in [3.63, 3.8) is 0 Å². The fourth-order valence-corrected chi connectivity index (χ4v) is 3.17. The molecule has 2 unspecified atom stereocenters. The molecule has 0 bridgehead atoms. The molecule has 17 heavy (non-hydrogen) atoms. The largest absolute Gasteiger partial charge is 0.249 e. The lowest BCUT2D eigenvalue weighted by molar-refractivity contribution is 0.0439. The first-order valence-corrected chi connectivity index (χ1v) is 7.03. The second-order valence-electron chi connectivity index (χ2n) is 4.75. The molecule has 1 saturated heterocycles. The second-order valence-corrected chi connectivity index (χ2v) is 5.92. The highest BCUT2D eigenvalue weighted by atomic mass is 32.1. The van der Waals surface area contributed by atoms with Crippen LogP contribution in [-0.4, -0.2) is 17.1 Å². The van der Waals surface area contributed by atoms with Crippen molar-refractivity contribution in [3.05, 3.63) is 21.9 Å². The molecule has 0 radical (unpaired) electrons. The SMILES string of the molecule is CC1CCCC(C)N1NCc1ccc(C#N)s1. The Bertz CT molecular complexity index is 397. The molecular weight excluding hydrogens is 230 g/mol. The highest BCUT2D eigenvalue weighted by Gasteiger charge is 2.24. The third kappa shape index (κ3) is 3.06. The Labute approximate surface area is 107 Å². The maximum absolute atomic E-state index is 8.78. The van der Waals surface area contributed by atoms with E-state index in [0.717, 1.165) is 11.4 Å². The summed E-state index contributed by atoms with van der Waals surface area (Å²) in [5.74, 6) is 0. The molecular formula is C13H19N3S. The van der Waals surface area contributed by atoms with Crippen LogP contribution < -0.4 is 5.43 Å². The number of nitrogens with zero attached hydrogens (tertiary/aromatic N) is 2. The second kappa shape index (κ2) is 5.63. The predicted molar refractivity (Wildman–Crippen MR) is 70.5 cm³/mol. The predicted octanol–water partition coefficient (Wildman–Crippen LogP) is 2.89. The Morgan fingerprint density at radius 2 is 2.12 bits per heavy atom. The zero-order valence-corrected chi connectivity index (χ0v) is 11.3. The van der Waals surface area contributed by atoms with E-state index in [1.807, 2.05) is 12.1 Å². The molecule has 0 spiro atoms. The Morgan fingerprint density at radius 3 is 2.71 bits per heavy atom. The number of nitrogens with one attached hydrogen (secondary N) is 1. The minimum atomic E-state index is 0.606. The number of hydrazine groups is 1. The molecule has 1 aliphatic rings. The van der Waals surface area contributed by atoms with Crippen molar-refractivity contribution < 1.29 is 0 Å². The standard InChI is InChI=1S/C13H19N3S/c1-10-4-3-5-11(2)16(10)15-9-13-7-6-12(8-14)17-13/h6-7,10-11,15H,3-5,9H2,1-2H3. The molecule has 0 amide bonds. The first-order valence-electron chi connectivity index (χ1n) is 6.21. The van der Waals surface area contributed by atoms with Crippen LogP contribution in [0.25, 0.3) is 0 Å². The van der Waals surface area contributed by atoms with Gasteiger partial charge in [0.1, 0.15) is 10.9 Å². The molecule has 0 aromatic carbocycles. The molecule has 2 heterocycles. The molecule has 1 N–H and O–H groups in total. The summed E-state index contributed by atoms with van der Waals surface area (Å²) >= 11 is 1.57. The topological polar surface area (TPSA) is 39.1 Å². The van der Waals surface area contributed by atoms with Gasteiger partial charge in [0.2, 0.25) is 0 Å². The van der Waals surface area contributed by atoms with Crippen LogP contribution in [0.3, 0.4) is 0 Å². The Kier molecular flexibility index (Phi) is 4.16. The summed E-state index contributed by atoms with van der Waals surface area (Å²) in [7, 11) is 0. The summed E-state index contributed by atoms with van der Waals surface area (Å²) in [5, 5.41) is 11.2. The van der Waals surface area contributed by atoms with E-state index in [2.05, 4.69) is 30.4 Å². The number of piperidine rings is 1. The lowest BCUT2D eigenvalue weighted by Crippen LogP contribution is -2.51. The maximum atomic E-state index is 8.78. The van der Waals surface area contributed by atoms with Crippen LogP contribution in [0.5, 0.6) is 0 Å². The van der Waals surface area contributed by atoms with Crippen LogP contribution >= 0.6 is 11.3 Å². The lowest BCUT2D eigenvalue weighted by Gasteiger charge is -2.39. The van der Waals surface area contributed by atoms with Gasteiger partial charge in [0.25, 0.3) is 0 Å². The number of hydrogen-bond acceptors (Lipinski definition) is 4. The fraction of sp³-hybridized carbons (Fsp3) is 0.615. The highest BCUT2D eigenvalue weighted by Crippen LogP contribution is 2.21. The van der Waals surface area contributed by atoms with Crippen molar-refractivity contribution in [2.24, 2.45) is 0 Å². The lowest BCUT2D eigenvalue weighted by atomic mass is 10.00. The normalized spacial score (nSPS) is 25.7. The molecule has 2 atom stereocenters. The van der Waals surface area contributed by atoms with E-state index < -0.39 is 0 Å². The average molecular weight is 249 g/mol. The molecule has 3 nitrogen and oxygen atoms in total. The Hall–Kier alpha value is -0.890. The van der Waals surface area contributed by atoms with E-state index in [4.69, 9.17) is 5.26 Å². The number of nitriles is 1. The summed E-state index contributed by atoms with van der Waals surface area (Å²) < 4.78 is 0. The fourth-order valence-electron chi connectivity index (χ4n) is 2.44. The van der Waals surface area contributed by atoms with Gasteiger partial charge in [-0.15, -0.1) is 11.3 Å². The highest BCUT2D eigenvalue weighted by molar-refractivity contribution is 7.12. The summed E-state index contributed by atoms with van der Waals surface area (Å²) in [6.07, 6.45) is 3.87. The summed E-state index contributed by atoms with van der Waals surface area (Å²) in [5.41, 5.74) is 3.51. The van der Waals surface area contributed by atoms with Gasteiger partial charge in [-0.05, 0) is 38.8 Å². The van der Waals surface area contributed by atoms with E-state index in [-0.39, 0.29) is 0 Å². The zero-order chi connectivity index (χ0) is 12.3. The van der Waals surface area contributed by atoms with E-state index >= 15 is 0 Å². The van der Waals surface area contributed by atoms with Crippen LogP contribution in [0, 0.1) is 11.3 Å². The van der Waals surface area contributed by atoms with Crippen molar-refractivity contribution in [2.45, 2.75) is 51.7 Å². The third-order valence-corrected chi connectivity index (χ3v) is 4.39. The van der Waals surface area contributed by atoms with Crippen LogP contribution in [0.2, 0.25) is 0 Å². The van der Waals surface area contributed by atoms with Crippen molar-refractivity contribution >= 4 is 11.3 Å². The molecule has 1 aromatic heterocycles. The molecule has 1 fully saturated rings. The van der Waals surface area contributed by atoms with Gasteiger partial charge in [0.15, 0.2) is 0 Å². The average Bonchev–Trinajstić information content (AvgIpc) is 2.76.